The minimum Gasteiger partial charge on any atom is -0.494 e. The first kappa shape index (κ1) is 22.3. The van der Waals surface area contributed by atoms with Crippen LogP contribution in [0, 0.1) is 5.92 Å². The lowest BCUT2D eigenvalue weighted by molar-refractivity contribution is -0.132. The van der Waals surface area contributed by atoms with Gasteiger partial charge in [0.15, 0.2) is 0 Å². The molecule has 0 spiro atoms. The van der Waals surface area contributed by atoms with Crippen molar-refractivity contribution in [1.82, 2.24) is 10.2 Å². The molecule has 2 amide bonds. The lowest BCUT2D eigenvalue weighted by Gasteiger charge is -2.26. The second-order valence-corrected chi connectivity index (χ2v) is 6.66. The first-order valence-electron chi connectivity index (χ1n) is 8.94. The van der Waals surface area contributed by atoms with Crippen molar-refractivity contribution in [3.8, 4) is 5.75 Å². The predicted molar refractivity (Wildman–Crippen MR) is 104 cm³/mol. The highest BCUT2D eigenvalue weighted by Gasteiger charge is 2.33. The summed E-state index contributed by atoms with van der Waals surface area (Å²) in [5.74, 6) is 0.923. The average Bonchev–Trinajstić information content (AvgIpc) is 2.96. The SMILES string of the molecule is CCOc1ccccc1C(CC(=O)N1CC(CN)CC1C)NC(C)=O.Cl. The molecule has 6 nitrogen and oxygen atoms in total. The van der Waals surface area contributed by atoms with E-state index in [9.17, 15) is 9.59 Å². The lowest BCUT2D eigenvalue weighted by atomic mass is 10.0. The number of benzene rings is 1. The summed E-state index contributed by atoms with van der Waals surface area (Å²) >= 11 is 0. The minimum absolute atomic E-state index is 0. The number of likely N-dealkylation sites (tertiary alicyclic amines) is 1. The molecule has 0 saturated carbocycles. The summed E-state index contributed by atoms with van der Waals surface area (Å²) in [5.41, 5.74) is 6.59. The molecule has 3 atom stereocenters. The van der Waals surface area contributed by atoms with Crippen LogP contribution in [0.15, 0.2) is 24.3 Å². The second kappa shape index (κ2) is 10.4. The van der Waals surface area contributed by atoms with E-state index in [-0.39, 0.29) is 36.7 Å². The molecule has 1 aliphatic rings. The highest BCUT2D eigenvalue weighted by molar-refractivity contribution is 5.85. The Morgan fingerprint density at radius 1 is 1.38 bits per heavy atom. The third-order valence-corrected chi connectivity index (χ3v) is 4.67. The number of nitrogens with zero attached hydrogens (tertiary/aromatic N) is 1. The summed E-state index contributed by atoms with van der Waals surface area (Å²) < 4.78 is 5.67. The summed E-state index contributed by atoms with van der Waals surface area (Å²) in [6, 6.07) is 7.31. The van der Waals surface area contributed by atoms with Crippen LogP contribution in [-0.2, 0) is 9.59 Å². The molecule has 0 bridgehead atoms. The predicted octanol–water partition coefficient (Wildman–Crippen LogP) is 2.27. The molecular formula is C19H30ClN3O3. The number of hydrogen-bond donors (Lipinski definition) is 2. The number of nitrogens with two attached hydrogens (primary N) is 1. The van der Waals surface area contributed by atoms with Gasteiger partial charge in [0.05, 0.1) is 19.1 Å². The zero-order chi connectivity index (χ0) is 18.4. The zero-order valence-corrected chi connectivity index (χ0v) is 16.6. The van der Waals surface area contributed by atoms with Crippen molar-refractivity contribution < 1.29 is 14.3 Å². The molecule has 1 aromatic carbocycles. The van der Waals surface area contributed by atoms with Crippen LogP contribution < -0.4 is 15.8 Å². The van der Waals surface area contributed by atoms with Crippen LogP contribution in [0.1, 0.15) is 45.2 Å². The van der Waals surface area contributed by atoms with E-state index in [2.05, 4.69) is 12.2 Å². The lowest BCUT2D eigenvalue weighted by Crippen LogP contribution is -2.38. The Kier molecular flexibility index (Phi) is 8.88. The number of amides is 2. The molecule has 0 radical (unpaired) electrons. The fourth-order valence-corrected chi connectivity index (χ4v) is 3.49. The number of halogens is 1. The molecule has 0 aromatic heterocycles. The maximum atomic E-state index is 12.8. The van der Waals surface area contributed by atoms with Gasteiger partial charge in [-0.2, -0.15) is 0 Å². The second-order valence-electron chi connectivity index (χ2n) is 6.66. The number of nitrogens with one attached hydrogen (secondary N) is 1. The molecule has 0 aliphatic carbocycles. The molecule has 1 saturated heterocycles. The van der Waals surface area contributed by atoms with E-state index >= 15 is 0 Å². The summed E-state index contributed by atoms with van der Waals surface area (Å²) in [6.45, 7) is 7.24. The Hall–Kier alpha value is -1.79. The van der Waals surface area contributed by atoms with Gasteiger partial charge in [0, 0.05) is 25.1 Å². The zero-order valence-electron chi connectivity index (χ0n) is 15.7. The van der Waals surface area contributed by atoms with Crippen molar-refractivity contribution >= 4 is 24.2 Å². The van der Waals surface area contributed by atoms with Crippen LogP contribution in [0.5, 0.6) is 5.75 Å². The molecule has 1 aromatic rings. The maximum absolute atomic E-state index is 12.8. The highest BCUT2D eigenvalue weighted by atomic mass is 35.5. The van der Waals surface area contributed by atoms with Gasteiger partial charge in [0.25, 0.3) is 0 Å². The standard InChI is InChI=1S/C19H29N3O3.ClH/c1-4-25-18-8-6-5-7-16(18)17(21-14(3)23)10-19(24)22-12-15(11-20)9-13(22)2;/h5-8,13,15,17H,4,9-12,20H2,1-3H3,(H,21,23);1H. The number of carbonyl (C=O) groups is 2. The first-order chi connectivity index (χ1) is 12.0. The Morgan fingerprint density at radius 2 is 2.08 bits per heavy atom. The monoisotopic (exact) mass is 383 g/mol. The molecule has 3 N–H and O–H groups in total. The summed E-state index contributed by atoms with van der Waals surface area (Å²) in [6.07, 6.45) is 1.15. The van der Waals surface area contributed by atoms with Gasteiger partial charge in [-0.1, -0.05) is 18.2 Å². The summed E-state index contributed by atoms with van der Waals surface area (Å²) in [4.78, 5) is 26.4. The molecular weight excluding hydrogens is 354 g/mol. The third-order valence-electron chi connectivity index (χ3n) is 4.67. The van der Waals surface area contributed by atoms with E-state index in [4.69, 9.17) is 10.5 Å². The summed E-state index contributed by atoms with van der Waals surface area (Å²) in [5, 5.41) is 2.90. The topological polar surface area (TPSA) is 84.7 Å². The Balaban J connectivity index is 0.00000338. The fourth-order valence-electron chi connectivity index (χ4n) is 3.49. The quantitative estimate of drug-likeness (QED) is 0.756. The molecule has 146 valence electrons. The van der Waals surface area contributed by atoms with Crippen molar-refractivity contribution in [3.05, 3.63) is 29.8 Å². The Bertz CT molecular complexity index is 611. The van der Waals surface area contributed by atoms with Crippen LogP contribution in [-0.4, -0.2) is 42.5 Å². The van der Waals surface area contributed by atoms with Gasteiger partial charge in [-0.15, -0.1) is 12.4 Å². The molecule has 26 heavy (non-hydrogen) atoms. The van der Waals surface area contributed by atoms with Crippen molar-refractivity contribution in [2.45, 2.75) is 45.7 Å². The van der Waals surface area contributed by atoms with Gasteiger partial charge >= 0.3 is 0 Å². The van der Waals surface area contributed by atoms with Crippen LogP contribution in [0.25, 0.3) is 0 Å². The van der Waals surface area contributed by atoms with Gasteiger partial charge in [-0.3, -0.25) is 9.59 Å². The average molecular weight is 384 g/mol. The minimum atomic E-state index is -0.406. The van der Waals surface area contributed by atoms with Gasteiger partial charge < -0.3 is 20.7 Å². The van der Waals surface area contributed by atoms with E-state index in [0.717, 1.165) is 12.0 Å². The maximum Gasteiger partial charge on any atom is 0.225 e. The molecule has 2 rings (SSSR count). The van der Waals surface area contributed by atoms with E-state index in [1.54, 1.807) is 0 Å². The van der Waals surface area contributed by atoms with Crippen LogP contribution in [0.2, 0.25) is 0 Å². The first-order valence-corrected chi connectivity index (χ1v) is 8.94. The van der Waals surface area contributed by atoms with Crippen LogP contribution in [0.4, 0.5) is 0 Å². The van der Waals surface area contributed by atoms with E-state index in [1.807, 2.05) is 36.1 Å². The largest absolute Gasteiger partial charge is 0.494 e. The van der Waals surface area contributed by atoms with Gasteiger partial charge in [0.1, 0.15) is 5.75 Å². The van der Waals surface area contributed by atoms with E-state index in [1.165, 1.54) is 6.92 Å². The van der Waals surface area contributed by atoms with Crippen LogP contribution in [0.3, 0.4) is 0 Å². The van der Waals surface area contributed by atoms with Crippen molar-refractivity contribution in [2.24, 2.45) is 11.7 Å². The van der Waals surface area contributed by atoms with Gasteiger partial charge in [0.2, 0.25) is 11.8 Å². The molecule has 1 fully saturated rings. The Labute approximate surface area is 161 Å². The molecule has 1 heterocycles. The van der Waals surface area contributed by atoms with E-state index < -0.39 is 6.04 Å². The number of carbonyl (C=O) groups excluding carboxylic acids is 2. The van der Waals surface area contributed by atoms with E-state index in [0.29, 0.717) is 31.4 Å². The van der Waals surface area contributed by atoms with Gasteiger partial charge in [-0.25, -0.2) is 0 Å². The normalized spacial score (nSPS) is 20.2. The smallest absolute Gasteiger partial charge is 0.225 e. The number of para-hydroxylation sites is 1. The van der Waals surface area contributed by atoms with Crippen molar-refractivity contribution in [3.63, 3.8) is 0 Å². The molecule has 7 heteroatoms. The van der Waals surface area contributed by atoms with Gasteiger partial charge in [-0.05, 0) is 38.8 Å². The van der Waals surface area contributed by atoms with Crippen LogP contribution >= 0.6 is 12.4 Å². The molecule has 1 aliphatic heterocycles. The highest BCUT2D eigenvalue weighted by Crippen LogP contribution is 2.30. The molecule has 3 unspecified atom stereocenters. The summed E-state index contributed by atoms with van der Waals surface area (Å²) in [7, 11) is 0. The third kappa shape index (κ3) is 5.61. The number of hydrogen-bond acceptors (Lipinski definition) is 4. The number of rotatable bonds is 7. The number of ether oxygens (including phenoxy) is 1. The van der Waals surface area contributed by atoms with Crippen molar-refractivity contribution in [2.75, 3.05) is 19.7 Å². The van der Waals surface area contributed by atoms with Crippen molar-refractivity contribution in [1.29, 1.82) is 0 Å². The Morgan fingerprint density at radius 3 is 2.65 bits per heavy atom. The fraction of sp³-hybridized carbons (Fsp3) is 0.579.